The molecule has 0 saturated heterocycles. The number of rotatable bonds is 4. The standard InChI is InChI=1S/C9H14N4O2/c1-4-10-8-5-7(13(14)15)6-9(11-8)12(2)3/h5-6H,4H2,1-3H3,(H,10,11). The van der Waals surface area contributed by atoms with Gasteiger partial charge in [-0.25, -0.2) is 4.98 Å². The molecule has 0 amide bonds. The van der Waals surface area contributed by atoms with Gasteiger partial charge in [0.25, 0.3) is 5.69 Å². The largest absolute Gasteiger partial charge is 0.370 e. The average molecular weight is 210 g/mol. The average Bonchev–Trinajstić information content (AvgIpc) is 2.17. The van der Waals surface area contributed by atoms with Crippen LogP contribution in [0.4, 0.5) is 17.3 Å². The molecule has 0 saturated carbocycles. The molecule has 0 atom stereocenters. The molecule has 0 aliphatic carbocycles. The minimum atomic E-state index is -0.421. The summed E-state index contributed by atoms with van der Waals surface area (Å²) in [7, 11) is 3.59. The van der Waals surface area contributed by atoms with Crippen LogP contribution in [0.1, 0.15) is 6.92 Å². The van der Waals surface area contributed by atoms with Crippen molar-refractivity contribution in [2.24, 2.45) is 0 Å². The highest BCUT2D eigenvalue weighted by atomic mass is 16.6. The van der Waals surface area contributed by atoms with Crippen molar-refractivity contribution in [3.05, 3.63) is 22.2 Å². The number of anilines is 2. The molecule has 0 radical (unpaired) electrons. The van der Waals surface area contributed by atoms with Gasteiger partial charge in [0.05, 0.1) is 17.1 Å². The molecule has 1 rings (SSSR count). The summed E-state index contributed by atoms with van der Waals surface area (Å²) in [6, 6.07) is 2.87. The lowest BCUT2D eigenvalue weighted by atomic mass is 10.3. The third kappa shape index (κ3) is 2.80. The van der Waals surface area contributed by atoms with Crippen LogP contribution in [0.2, 0.25) is 0 Å². The van der Waals surface area contributed by atoms with Crippen LogP contribution in [-0.2, 0) is 0 Å². The Morgan fingerprint density at radius 2 is 2.20 bits per heavy atom. The zero-order valence-electron chi connectivity index (χ0n) is 9.02. The van der Waals surface area contributed by atoms with E-state index in [1.165, 1.54) is 12.1 Å². The number of hydrogen-bond acceptors (Lipinski definition) is 5. The molecule has 0 aromatic carbocycles. The van der Waals surface area contributed by atoms with Gasteiger partial charge in [-0.1, -0.05) is 0 Å². The molecule has 0 aliphatic heterocycles. The van der Waals surface area contributed by atoms with Crippen LogP contribution in [-0.4, -0.2) is 30.5 Å². The number of aromatic nitrogens is 1. The van der Waals surface area contributed by atoms with E-state index >= 15 is 0 Å². The summed E-state index contributed by atoms with van der Waals surface area (Å²) in [4.78, 5) is 16.2. The SMILES string of the molecule is CCNc1cc([N+](=O)[O-])cc(N(C)C)n1. The summed E-state index contributed by atoms with van der Waals surface area (Å²) < 4.78 is 0. The van der Waals surface area contributed by atoms with E-state index in [4.69, 9.17) is 0 Å². The predicted octanol–water partition coefficient (Wildman–Crippen LogP) is 1.49. The van der Waals surface area contributed by atoms with Gasteiger partial charge in [-0.2, -0.15) is 0 Å². The molecule has 0 spiro atoms. The van der Waals surface area contributed by atoms with Gasteiger partial charge < -0.3 is 10.2 Å². The fraction of sp³-hybridized carbons (Fsp3) is 0.444. The fourth-order valence-electron chi connectivity index (χ4n) is 1.11. The van der Waals surface area contributed by atoms with Crippen LogP contribution in [0.5, 0.6) is 0 Å². The van der Waals surface area contributed by atoms with E-state index in [0.29, 0.717) is 18.2 Å². The fourth-order valence-corrected chi connectivity index (χ4v) is 1.11. The number of hydrogen-bond donors (Lipinski definition) is 1. The summed E-state index contributed by atoms with van der Waals surface area (Å²) in [5, 5.41) is 13.6. The highest BCUT2D eigenvalue weighted by Gasteiger charge is 2.11. The molecule has 0 fully saturated rings. The Morgan fingerprint density at radius 3 is 2.67 bits per heavy atom. The normalized spacial score (nSPS) is 9.80. The van der Waals surface area contributed by atoms with E-state index in [-0.39, 0.29) is 5.69 Å². The van der Waals surface area contributed by atoms with Crippen molar-refractivity contribution < 1.29 is 4.92 Å². The van der Waals surface area contributed by atoms with Crippen LogP contribution in [0, 0.1) is 10.1 Å². The summed E-state index contributed by atoms with van der Waals surface area (Å²) in [6.45, 7) is 2.59. The van der Waals surface area contributed by atoms with Crippen molar-refractivity contribution in [3.8, 4) is 0 Å². The van der Waals surface area contributed by atoms with Gasteiger partial charge in [-0.05, 0) is 6.92 Å². The van der Waals surface area contributed by atoms with Gasteiger partial charge >= 0.3 is 0 Å². The zero-order valence-corrected chi connectivity index (χ0v) is 9.02. The van der Waals surface area contributed by atoms with Crippen molar-refractivity contribution in [2.75, 3.05) is 30.9 Å². The Hall–Kier alpha value is -1.85. The second-order valence-corrected chi connectivity index (χ2v) is 3.25. The molecule has 1 heterocycles. The van der Waals surface area contributed by atoms with Crippen molar-refractivity contribution in [1.29, 1.82) is 0 Å². The van der Waals surface area contributed by atoms with Crippen molar-refractivity contribution in [2.45, 2.75) is 6.92 Å². The lowest BCUT2D eigenvalue weighted by Gasteiger charge is -2.12. The topological polar surface area (TPSA) is 71.3 Å². The number of nitro groups is 1. The lowest BCUT2D eigenvalue weighted by Crippen LogP contribution is -2.12. The Labute approximate surface area is 88.1 Å². The monoisotopic (exact) mass is 210 g/mol. The maximum atomic E-state index is 10.7. The van der Waals surface area contributed by atoms with E-state index < -0.39 is 4.92 Å². The highest BCUT2D eigenvalue weighted by Crippen LogP contribution is 2.21. The van der Waals surface area contributed by atoms with Gasteiger partial charge in [0, 0.05) is 20.6 Å². The first kappa shape index (κ1) is 11.2. The first-order chi connectivity index (χ1) is 7.04. The first-order valence-electron chi connectivity index (χ1n) is 4.62. The maximum absolute atomic E-state index is 10.7. The van der Waals surface area contributed by atoms with Gasteiger partial charge in [-0.15, -0.1) is 0 Å². The van der Waals surface area contributed by atoms with Crippen molar-refractivity contribution in [3.63, 3.8) is 0 Å². The maximum Gasteiger partial charge on any atom is 0.276 e. The van der Waals surface area contributed by atoms with Crippen LogP contribution in [0.3, 0.4) is 0 Å². The van der Waals surface area contributed by atoms with Gasteiger partial charge in [0.1, 0.15) is 11.6 Å². The minimum absolute atomic E-state index is 0.0460. The number of nitrogens with zero attached hydrogens (tertiary/aromatic N) is 3. The zero-order chi connectivity index (χ0) is 11.4. The van der Waals surface area contributed by atoms with Crippen molar-refractivity contribution >= 4 is 17.3 Å². The molecular formula is C9H14N4O2. The van der Waals surface area contributed by atoms with Gasteiger partial charge in [0.15, 0.2) is 0 Å². The summed E-state index contributed by atoms with van der Waals surface area (Å²) >= 11 is 0. The van der Waals surface area contributed by atoms with Gasteiger partial charge in [0.2, 0.25) is 0 Å². The van der Waals surface area contributed by atoms with E-state index in [0.717, 1.165) is 0 Å². The molecule has 6 heteroatoms. The molecule has 1 N–H and O–H groups in total. The number of pyridine rings is 1. The highest BCUT2D eigenvalue weighted by molar-refractivity contribution is 5.55. The summed E-state index contributed by atoms with van der Waals surface area (Å²) in [5.41, 5.74) is 0.0460. The van der Waals surface area contributed by atoms with E-state index in [9.17, 15) is 10.1 Å². The quantitative estimate of drug-likeness (QED) is 0.602. The molecule has 15 heavy (non-hydrogen) atoms. The van der Waals surface area contributed by atoms with Crippen molar-refractivity contribution in [1.82, 2.24) is 4.98 Å². The summed E-state index contributed by atoms with van der Waals surface area (Å²) in [5.74, 6) is 1.09. The third-order valence-electron chi connectivity index (χ3n) is 1.82. The van der Waals surface area contributed by atoms with Gasteiger partial charge in [-0.3, -0.25) is 10.1 Å². The molecule has 1 aromatic rings. The number of nitrogens with one attached hydrogen (secondary N) is 1. The second kappa shape index (κ2) is 4.59. The molecule has 0 unspecified atom stereocenters. The van der Waals surface area contributed by atoms with E-state index in [1.807, 2.05) is 6.92 Å². The second-order valence-electron chi connectivity index (χ2n) is 3.25. The smallest absolute Gasteiger partial charge is 0.276 e. The molecule has 6 nitrogen and oxygen atoms in total. The Morgan fingerprint density at radius 1 is 1.53 bits per heavy atom. The Bertz CT molecular complexity index is 365. The van der Waals surface area contributed by atoms with Crippen LogP contribution in [0.25, 0.3) is 0 Å². The van der Waals surface area contributed by atoms with Crippen LogP contribution < -0.4 is 10.2 Å². The van der Waals surface area contributed by atoms with Crippen LogP contribution >= 0.6 is 0 Å². The Balaban J connectivity index is 3.14. The third-order valence-corrected chi connectivity index (χ3v) is 1.82. The molecular weight excluding hydrogens is 196 g/mol. The predicted molar refractivity (Wildman–Crippen MR) is 59.4 cm³/mol. The summed E-state index contributed by atoms with van der Waals surface area (Å²) in [6.07, 6.45) is 0. The molecule has 1 aromatic heterocycles. The Kier molecular flexibility index (Phi) is 3.43. The van der Waals surface area contributed by atoms with Crippen LogP contribution in [0.15, 0.2) is 12.1 Å². The molecule has 82 valence electrons. The minimum Gasteiger partial charge on any atom is -0.370 e. The molecule has 0 bridgehead atoms. The van der Waals surface area contributed by atoms with E-state index in [1.54, 1.807) is 19.0 Å². The lowest BCUT2D eigenvalue weighted by molar-refractivity contribution is -0.384. The van der Waals surface area contributed by atoms with E-state index in [2.05, 4.69) is 10.3 Å². The molecule has 0 aliphatic rings. The first-order valence-corrected chi connectivity index (χ1v) is 4.62.